The van der Waals surface area contributed by atoms with Crippen molar-refractivity contribution in [2.45, 2.75) is 26.3 Å². The van der Waals surface area contributed by atoms with Crippen LogP contribution in [-0.4, -0.2) is 13.2 Å². The van der Waals surface area contributed by atoms with Crippen LogP contribution in [0.3, 0.4) is 0 Å². The van der Waals surface area contributed by atoms with E-state index < -0.39 is 0 Å². The quantitative estimate of drug-likeness (QED) is 0.919. The molecule has 1 N–H and O–H groups in total. The standard InChI is InChI=1S/C18H21NO2/c1-2-14-6-3-4-7-15(14)13-19-16-8-9-17-18(12-16)21-11-5-10-20-17/h3-4,6-9,12,19H,2,5,10-11,13H2,1H3. The lowest BCUT2D eigenvalue weighted by atomic mass is 10.1. The molecule has 21 heavy (non-hydrogen) atoms. The summed E-state index contributed by atoms with van der Waals surface area (Å²) in [5, 5.41) is 3.47. The molecule has 0 unspecified atom stereocenters. The van der Waals surface area contributed by atoms with Gasteiger partial charge >= 0.3 is 0 Å². The Bertz CT molecular complexity index is 610. The molecule has 0 saturated heterocycles. The highest BCUT2D eigenvalue weighted by atomic mass is 16.5. The van der Waals surface area contributed by atoms with Gasteiger partial charge in [-0.2, -0.15) is 0 Å². The molecule has 0 fully saturated rings. The predicted octanol–water partition coefficient (Wildman–Crippen LogP) is 4.02. The summed E-state index contributed by atoms with van der Waals surface area (Å²) in [6.07, 6.45) is 1.99. The van der Waals surface area contributed by atoms with Crippen molar-refractivity contribution in [1.82, 2.24) is 0 Å². The molecule has 0 saturated carbocycles. The average molecular weight is 283 g/mol. The third-order valence-corrected chi connectivity index (χ3v) is 3.73. The summed E-state index contributed by atoms with van der Waals surface area (Å²) in [4.78, 5) is 0. The zero-order valence-corrected chi connectivity index (χ0v) is 12.4. The molecule has 0 aromatic heterocycles. The fraction of sp³-hybridized carbons (Fsp3) is 0.333. The third kappa shape index (κ3) is 3.30. The van der Waals surface area contributed by atoms with Crippen molar-refractivity contribution in [3.63, 3.8) is 0 Å². The van der Waals surface area contributed by atoms with E-state index in [2.05, 4.69) is 36.5 Å². The summed E-state index contributed by atoms with van der Waals surface area (Å²) in [5.41, 5.74) is 3.79. The largest absolute Gasteiger partial charge is 0.490 e. The van der Waals surface area contributed by atoms with Crippen LogP contribution >= 0.6 is 0 Å². The molecule has 2 aromatic carbocycles. The Morgan fingerprint density at radius 1 is 0.952 bits per heavy atom. The summed E-state index contributed by atoms with van der Waals surface area (Å²) in [5.74, 6) is 1.67. The maximum Gasteiger partial charge on any atom is 0.163 e. The zero-order chi connectivity index (χ0) is 14.5. The van der Waals surface area contributed by atoms with Crippen molar-refractivity contribution in [2.24, 2.45) is 0 Å². The topological polar surface area (TPSA) is 30.5 Å². The lowest BCUT2D eigenvalue weighted by Crippen LogP contribution is -2.03. The van der Waals surface area contributed by atoms with Gasteiger partial charge in [-0.15, -0.1) is 0 Å². The van der Waals surface area contributed by atoms with Crippen molar-refractivity contribution in [3.05, 3.63) is 53.6 Å². The van der Waals surface area contributed by atoms with Crippen LogP contribution in [0.1, 0.15) is 24.5 Å². The zero-order valence-electron chi connectivity index (χ0n) is 12.4. The van der Waals surface area contributed by atoms with Gasteiger partial charge in [0.2, 0.25) is 0 Å². The lowest BCUT2D eigenvalue weighted by molar-refractivity contribution is 0.297. The fourth-order valence-electron chi connectivity index (χ4n) is 2.55. The normalized spacial score (nSPS) is 13.6. The molecule has 1 aliphatic heterocycles. The predicted molar refractivity (Wildman–Crippen MR) is 85.2 cm³/mol. The highest BCUT2D eigenvalue weighted by Gasteiger charge is 2.10. The number of hydrogen-bond acceptors (Lipinski definition) is 3. The average Bonchev–Trinajstić information content (AvgIpc) is 2.78. The van der Waals surface area contributed by atoms with Gasteiger partial charge in [0.25, 0.3) is 0 Å². The molecular weight excluding hydrogens is 262 g/mol. The number of anilines is 1. The van der Waals surface area contributed by atoms with Crippen molar-refractivity contribution < 1.29 is 9.47 Å². The number of ether oxygens (including phenoxy) is 2. The Morgan fingerprint density at radius 3 is 2.52 bits per heavy atom. The van der Waals surface area contributed by atoms with Gasteiger partial charge < -0.3 is 14.8 Å². The van der Waals surface area contributed by atoms with Crippen LogP contribution in [0.25, 0.3) is 0 Å². The van der Waals surface area contributed by atoms with E-state index in [1.807, 2.05) is 18.2 Å². The number of benzene rings is 2. The second kappa shape index (κ2) is 6.53. The molecule has 0 radical (unpaired) electrons. The molecule has 3 nitrogen and oxygen atoms in total. The number of rotatable bonds is 4. The first-order chi connectivity index (χ1) is 10.4. The van der Waals surface area contributed by atoms with Crippen LogP contribution in [-0.2, 0) is 13.0 Å². The Kier molecular flexibility index (Phi) is 4.29. The molecule has 3 heteroatoms. The maximum absolute atomic E-state index is 5.72. The maximum atomic E-state index is 5.72. The van der Waals surface area contributed by atoms with Gasteiger partial charge in [0.1, 0.15) is 0 Å². The van der Waals surface area contributed by atoms with Crippen LogP contribution in [0, 0.1) is 0 Å². The number of aryl methyl sites for hydroxylation is 1. The molecule has 0 amide bonds. The first-order valence-corrected chi connectivity index (χ1v) is 7.57. The smallest absolute Gasteiger partial charge is 0.163 e. The van der Waals surface area contributed by atoms with Gasteiger partial charge in [0, 0.05) is 24.7 Å². The van der Waals surface area contributed by atoms with Gasteiger partial charge in [-0.05, 0) is 29.7 Å². The molecule has 0 spiro atoms. The summed E-state index contributed by atoms with van der Waals surface area (Å²) in [6, 6.07) is 14.6. The van der Waals surface area contributed by atoms with Gasteiger partial charge in [0.15, 0.2) is 11.5 Å². The molecule has 0 atom stereocenters. The first-order valence-electron chi connectivity index (χ1n) is 7.57. The Labute approximate surface area is 125 Å². The summed E-state index contributed by atoms with van der Waals surface area (Å²) in [6.45, 7) is 4.45. The SMILES string of the molecule is CCc1ccccc1CNc1ccc2c(c1)OCCCO2. The molecular formula is C18H21NO2. The van der Waals surface area contributed by atoms with Crippen molar-refractivity contribution >= 4 is 5.69 Å². The monoisotopic (exact) mass is 283 g/mol. The van der Waals surface area contributed by atoms with Gasteiger partial charge in [-0.3, -0.25) is 0 Å². The minimum Gasteiger partial charge on any atom is -0.490 e. The molecule has 1 heterocycles. The molecule has 110 valence electrons. The second-order valence-corrected chi connectivity index (χ2v) is 5.19. The van der Waals surface area contributed by atoms with E-state index >= 15 is 0 Å². The summed E-state index contributed by atoms with van der Waals surface area (Å²) >= 11 is 0. The number of fused-ring (bicyclic) bond motifs is 1. The van der Waals surface area contributed by atoms with E-state index in [4.69, 9.17) is 9.47 Å². The molecule has 0 bridgehead atoms. The highest BCUT2D eigenvalue weighted by molar-refractivity contribution is 5.55. The Morgan fingerprint density at radius 2 is 1.71 bits per heavy atom. The van der Waals surface area contributed by atoms with Gasteiger partial charge in [-0.25, -0.2) is 0 Å². The van der Waals surface area contributed by atoms with Gasteiger partial charge in [-0.1, -0.05) is 31.2 Å². The fourth-order valence-corrected chi connectivity index (χ4v) is 2.55. The van der Waals surface area contributed by atoms with Crippen molar-refractivity contribution in [2.75, 3.05) is 18.5 Å². The van der Waals surface area contributed by atoms with E-state index in [9.17, 15) is 0 Å². The van der Waals surface area contributed by atoms with Crippen molar-refractivity contribution in [3.8, 4) is 11.5 Å². The van der Waals surface area contributed by atoms with Crippen LogP contribution in [0.4, 0.5) is 5.69 Å². The molecule has 3 rings (SSSR count). The van der Waals surface area contributed by atoms with E-state index in [0.29, 0.717) is 0 Å². The highest BCUT2D eigenvalue weighted by Crippen LogP contribution is 2.32. The van der Waals surface area contributed by atoms with Crippen LogP contribution in [0.15, 0.2) is 42.5 Å². The van der Waals surface area contributed by atoms with E-state index in [1.165, 1.54) is 11.1 Å². The van der Waals surface area contributed by atoms with E-state index in [-0.39, 0.29) is 0 Å². The van der Waals surface area contributed by atoms with Crippen LogP contribution in [0.2, 0.25) is 0 Å². The Hall–Kier alpha value is -2.16. The Balaban J connectivity index is 1.72. The number of hydrogen-bond donors (Lipinski definition) is 1. The van der Waals surface area contributed by atoms with E-state index in [1.54, 1.807) is 0 Å². The summed E-state index contributed by atoms with van der Waals surface area (Å²) < 4.78 is 11.4. The summed E-state index contributed by atoms with van der Waals surface area (Å²) in [7, 11) is 0. The first kappa shape index (κ1) is 13.8. The minimum atomic E-state index is 0.717. The van der Waals surface area contributed by atoms with E-state index in [0.717, 1.165) is 49.8 Å². The van der Waals surface area contributed by atoms with Gasteiger partial charge in [0.05, 0.1) is 13.2 Å². The lowest BCUT2D eigenvalue weighted by Gasteiger charge is -2.13. The molecule has 1 aliphatic rings. The number of nitrogens with one attached hydrogen (secondary N) is 1. The third-order valence-electron chi connectivity index (χ3n) is 3.73. The van der Waals surface area contributed by atoms with Crippen LogP contribution < -0.4 is 14.8 Å². The minimum absolute atomic E-state index is 0.717. The molecule has 2 aromatic rings. The van der Waals surface area contributed by atoms with Crippen LogP contribution in [0.5, 0.6) is 11.5 Å². The second-order valence-electron chi connectivity index (χ2n) is 5.19. The van der Waals surface area contributed by atoms with Crippen molar-refractivity contribution in [1.29, 1.82) is 0 Å². The molecule has 0 aliphatic carbocycles.